The van der Waals surface area contributed by atoms with Crippen LogP contribution in [0.15, 0.2) is 24.3 Å². The van der Waals surface area contributed by atoms with Crippen molar-refractivity contribution in [3.63, 3.8) is 0 Å². The lowest BCUT2D eigenvalue weighted by Gasteiger charge is -2.17. The van der Waals surface area contributed by atoms with Gasteiger partial charge in [0.05, 0.1) is 23.1 Å². The summed E-state index contributed by atoms with van der Waals surface area (Å²) in [6, 6.07) is 8.65. The highest BCUT2D eigenvalue weighted by atomic mass is 32.1. The molecule has 1 aromatic heterocycles. The fraction of sp³-hybridized carbons (Fsp3) is 0.348. The van der Waals surface area contributed by atoms with Crippen molar-refractivity contribution in [3.8, 4) is 6.07 Å². The van der Waals surface area contributed by atoms with Crippen molar-refractivity contribution in [1.82, 2.24) is 4.90 Å². The first-order valence-electron chi connectivity index (χ1n) is 10.3. The van der Waals surface area contributed by atoms with Gasteiger partial charge in [-0.3, -0.25) is 24.1 Å². The molecule has 1 atom stereocenters. The summed E-state index contributed by atoms with van der Waals surface area (Å²) in [7, 11) is 0. The first kappa shape index (κ1) is 21.7. The topological polar surface area (TPSA) is 117 Å². The zero-order valence-electron chi connectivity index (χ0n) is 17.5. The standard InChI is InChI=1S/C23H21N3O5S/c1-13-6-7-14-17(11-24)21(32-18(14)10-13)25-19(27)12-31-20(28)8-9-26-22(29)15-4-2-3-5-16(15)23(26)30/h2-5,13H,6-10,12H2,1H3,(H,25,27). The van der Waals surface area contributed by atoms with Crippen LogP contribution in [0, 0.1) is 17.2 Å². The SMILES string of the molecule is CC1CCc2c(sc(NC(=O)COC(=O)CCN3C(=O)c4ccccc4C3=O)c2C#N)C1. The van der Waals surface area contributed by atoms with E-state index in [2.05, 4.69) is 18.3 Å². The van der Waals surface area contributed by atoms with Crippen molar-refractivity contribution in [1.29, 1.82) is 5.26 Å². The molecule has 1 unspecified atom stereocenters. The van der Waals surface area contributed by atoms with Crippen LogP contribution >= 0.6 is 11.3 Å². The molecular weight excluding hydrogens is 430 g/mol. The number of thiophene rings is 1. The van der Waals surface area contributed by atoms with Crippen LogP contribution < -0.4 is 5.32 Å². The Kier molecular flexibility index (Phi) is 6.06. The number of hydrogen-bond acceptors (Lipinski definition) is 7. The molecule has 8 nitrogen and oxygen atoms in total. The highest BCUT2D eigenvalue weighted by Gasteiger charge is 2.35. The highest BCUT2D eigenvalue weighted by Crippen LogP contribution is 2.39. The van der Waals surface area contributed by atoms with Crippen molar-refractivity contribution >= 4 is 40.0 Å². The lowest BCUT2D eigenvalue weighted by atomic mass is 9.89. The molecule has 0 bridgehead atoms. The van der Waals surface area contributed by atoms with Crippen molar-refractivity contribution in [2.75, 3.05) is 18.5 Å². The van der Waals surface area contributed by atoms with E-state index in [1.165, 1.54) is 11.3 Å². The molecule has 0 saturated heterocycles. The second-order valence-electron chi connectivity index (χ2n) is 7.93. The van der Waals surface area contributed by atoms with Gasteiger partial charge in [-0.15, -0.1) is 11.3 Å². The Morgan fingerprint density at radius 2 is 1.94 bits per heavy atom. The molecule has 2 aliphatic rings. The van der Waals surface area contributed by atoms with E-state index in [1.807, 2.05) is 0 Å². The fourth-order valence-corrected chi connectivity index (χ4v) is 5.36. The predicted octanol–water partition coefficient (Wildman–Crippen LogP) is 2.91. The maximum Gasteiger partial charge on any atom is 0.308 e. The Labute approximate surface area is 188 Å². The summed E-state index contributed by atoms with van der Waals surface area (Å²) in [5.41, 5.74) is 2.12. The van der Waals surface area contributed by atoms with Gasteiger partial charge >= 0.3 is 5.97 Å². The molecule has 1 aromatic carbocycles. The van der Waals surface area contributed by atoms with Gasteiger partial charge in [-0.2, -0.15) is 5.26 Å². The summed E-state index contributed by atoms with van der Waals surface area (Å²) in [6.07, 6.45) is 2.50. The third-order valence-electron chi connectivity index (χ3n) is 5.66. The van der Waals surface area contributed by atoms with E-state index in [9.17, 15) is 24.4 Å². The number of imide groups is 1. The Morgan fingerprint density at radius 1 is 1.25 bits per heavy atom. The molecule has 1 aliphatic carbocycles. The lowest BCUT2D eigenvalue weighted by molar-refractivity contribution is -0.147. The van der Waals surface area contributed by atoms with Gasteiger partial charge in [0, 0.05) is 11.4 Å². The van der Waals surface area contributed by atoms with Gasteiger partial charge in [-0.05, 0) is 42.9 Å². The number of nitriles is 1. The number of carbonyl (C=O) groups excluding carboxylic acids is 4. The maximum absolute atomic E-state index is 12.3. The van der Waals surface area contributed by atoms with E-state index < -0.39 is 30.3 Å². The number of carbonyl (C=O) groups is 4. The quantitative estimate of drug-likeness (QED) is 0.533. The number of ether oxygens (including phenoxy) is 1. The largest absolute Gasteiger partial charge is 0.456 e. The minimum atomic E-state index is -0.698. The van der Waals surface area contributed by atoms with Gasteiger partial charge < -0.3 is 10.1 Å². The van der Waals surface area contributed by atoms with Gasteiger partial charge in [0.2, 0.25) is 0 Å². The van der Waals surface area contributed by atoms with Gasteiger partial charge in [0.25, 0.3) is 17.7 Å². The molecular formula is C23H21N3O5S. The predicted molar refractivity (Wildman–Crippen MR) is 116 cm³/mol. The first-order chi connectivity index (χ1) is 15.4. The first-order valence-corrected chi connectivity index (χ1v) is 11.2. The Hall–Kier alpha value is -3.51. The Bertz CT molecular complexity index is 1130. The number of nitrogens with one attached hydrogen (secondary N) is 1. The van der Waals surface area contributed by atoms with Crippen molar-refractivity contribution < 1.29 is 23.9 Å². The minimum Gasteiger partial charge on any atom is -0.456 e. The van der Waals surface area contributed by atoms with E-state index in [4.69, 9.17) is 4.74 Å². The van der Waals surface area contributed by atoms with E-state index in [0.717, 1.165) is 34.6 Å². The fourth-order valence-electron chi connectivity index (χ4n) is 3.98. The highest BCUT2D eigenvalue weighted by molar-refractivity contribution is 7.16. The number of benzene rings is 1. The molecule has 32 heavy (non-hydrogen) atoms. The van der Waals surface area contributed by atoms with Crippen LogP contribution in [-0.4, -0.2) is 41.7 Å². The zero-order chi connectivity index (χ0) is 22.8. The van der Waals surface area contributed by atoms with Crippen LogP contribution in [-0.2, 0) is 27.2 Å². The van der Waals surface area contributed by atoms with Crippen LogP contribution in [0.5, 0.6) is 0 Å². The Balaban J connectivity index is 1.28. The van der Waals surface area contributed by atoms with Crippen LogP contribution in [0.4, 0.5) is 5.00 Å². The zero-order valence-corrected chi connectivity index (χ0v) is 18.3. The summed E-state index contributed by atoms with van der Waals surface area (Å²) < 4.78 is 5.00. The molecule has 9 heteroatoms. The molecule has 1 aliphatic heterocycles. The molecule has 2 heterocycles. The van der Waals surface area contributed by atoms with Crippen molar-refractivity contribution in [2.45, 2.75) is 32.6 Å². The van der Waals surface area contributed by atoms with Gasteiger partial charge in [0.15, 0.2) is 6.61 Å². The van der Waals surface area contributed by atoms with E-state index in [1.54, 1.807) is 24.3 Å². The van der Waals surface area contributed by atoms with Crippen LogP contribution in [0.25, 0.3) is 0 Å². The smallest absolute Gasteiger partial charge is 0.308 e. The molecule has 1 N–H and O–H groups in total. The number of anilines is 1. The van der Waals surface area contributed by atoms with Crippen molar-refractivity contribution in [3.05, 3.63) is 51.4 Å². The maximum atomic E-state index is 12.3. The Morgan fingerprint density at radius 3 is 2.59 bits per heavy atom. The summed E-state index contributed by atoms with van der Waals surface area (Å²) in [6.45, 7) is 1.53. The number of amides is 3. The summed E-state index contributed by atoms with van der Waals surface area (Å²) in [5, 5.41) is 12.7. The van der Waals surface area contributed by atoms with Gasteiger partial charge in [-0.25, -0.2) is 0 Å². The third kappa shape index (κ3) is 4.14. The molecule has 2 aromatic rings. The lowest BCUT2D eigenvalue weighted by Crippen LogP contribution is -2.32. The monoisotopic (exact) mass is 451 g/mol. The van der Waals surface area contributed by atoms with Crippen LogP contribution in [0.1, 0.15) is 56.5 Å². The van der Waals surface area contributed by atoms with Gasteiger partial charge in [-0.1, -0.05) is 19.1 Å². The van der Waals surface area contributed by atoms with Crippen LogP contribution in [0.3, 0.4) is 0 Å². The van der Waals surface area contributed by atoms with Crippen LogP contribution in [0.2, 0.25) is 0 Å². The van der Waals surface area contributed by atoms with E-state index in [0.29, 0.717) is 27.6 Å². The van der Waals surface area contributed by atoms with Gasteiger partial charge in [0.1, 0.15) is 11.1 Å². The number of fused-ring (bicyclic) bond motifs is 2. The number of hydrogen-bond donors (Lipinski definition) is 1. The normalized spacial score (nSPS) is 16.9. The molecule has 164 valence electrons. The van der Waals surface area contributed by atoms with E-state index >= 15 is 0 Å². The summed E-state index contributed by atoms with van der Waals surface area (Å²) in [4.78, 5) is 51.1. The molecule has 0 fully saturated rings. The van der Waals surface area contributed by atoms with E-state index in [-0.39, 0.29) is 13.0 Å². The average Bonchev–Trinajstić information content (AvgIpc) is 3.24. The number of rotatable bonds is 6. The number of nitrogens with zero attached hydrogens (tertiary/aromatic N) is 2. The average molecular weight is 452 g/mol. The molecule has 3 amide bonds. The summed E-state index contributed by atoms with van der Waals surface area (Å²) >= 11 is 1.40. The second kappa shape index (κ2) is 8.93. The molecule has 0 radical (unpaired) electrons. The van der Waals surface area contributed by atoms with Crippen molar-refractivity contribution in [2.24, 2.45) is 5.92 Å². The molecule has 0 spiro atoms. The molecule has 4 rings (SSSR count). The number of esters is 1. The third-order valence-corrected chi connectivity index (χ3v) is 6.83. The molecule has 0 saturated carbocycles. The summed E-state index contributed by atoms with van der Waals surface area (Å²) in [5.74, 6) is -1.59. The minimum absolute atomic E-state index is 0.124. The second-order valence-corrected chi connectivity index (χ2v) is 9.04.